The molecule has 0 spiro atoms. The summed E-state index contributed by atoms with van der Waals surface area (Å²) >= 11 is 0. The van der Waals surface area contributed by atoms with Crippen LogP contribution in [-0.2, 0) is 0 Å². The molecule has 0 saturated heterocycles. The normalized spacial score (nSPS) is 9.94. The number of aromatic nitrogens is 2. The molecule has 0 aliphatic heterocycles. The molecule has 0 bridgehead atoms. The number of carbonyl (C=O) groups is 1. The van der Waals surface area contributed by atoms with Gasteiger partial charge in [-0.1, -0.05) is 6.07 Å². The fraction of sp³-hybridized carbons (Fsp3) is 0.0833. The van der Waals surface area contributed by atoms with E-state index in [0.29, 0.717) is 17.2 Å². The van der Waals surface area contributed by atoms with Crippen LogP contribution in [0.1, 0.15) is 15.9 Å². The molecule has 5 nitrogen and oxygen atoms in total. The molecule has 0 atom stereocenters. The molecular formula is C12H10N2O3. The third-order valence-corrected chi connectivity index (χ3v) is 2.28. The van der Waals surface area contributed by atoms with Gasteiger partial charge in [0.2, 0.25) is 5.88 Å². The van der Waals surface area contributed by atoms with Crippen LogP contribution in [0.15, 0.2) is 36.8 Å². The molecule has 0 aliphatic rings. The smallest absolute Gasteiger partial charge is 0.336 e. The molecule has 1 N–H and O–H groups in total. The summed E-state index contributed by atoms with van der Waals surface area (Å²) in [5.74, 6) is -0.120. The van der Waals surface area contributed by atoms with E-state index in [1.807, 2.05) is 0 Å². The Labute approximate surface area is 97.7 Å². The highest BCUT2D eigenvalue weighted by Gasteiger charge is 2.11. The molecular weight excluding hydrogens is 220 g/mol. The first-order valence-corrected chi connectivity index (χ1v) is 4.95. The number of benzene rings is 1. The molecule has 2 rings (SSSR count). The van der Waals surface area contributed by atoms with Gasteiger partial charge in [-0.2, -0.15) is 0 Å². The van der Waals surface area contributed by atoms with Crippen molar-refractivity contribution in [1.82, 2.24) is 9.97 Å². The van der Waals surface area contributed by atoms with Crippen LogP contribution in [0.25, 0.3) is 0 Å². The maximum atomic E-state index is 10.9. The lowest BCUT2D eigenvalue weighted by atomic mass is 10.1. The first-order valence-electron chi connectivity index (χ1n) is 4.95. The van der Waals surface area contributed by atoms with Crippen LogP contribution < -0.4 is 4.74 Å². The van der Waals surface area contributed by atoms with Gasteiger partial charge in [-0.15, -0.1) is 0 Å². The molecule has 0 unspecified atom stereocenters. The number of carboxylic acid groups (broad SMARTS) is 1. The first-order chi connectivity index (χ1) is 8.18. The van der Waals surface area contributed by atoms with Crippen molar-refractivity contribution in [3.63, 3.8) is 0 Å². The highest BCUT2D eigenvalue weighted by atomic mass is 16.5. The summed E-state index contributed by atoms with van der Waals surface area (Å²) in [4.78, 5) is 18.6. The molecule has 1 aromatic carbocycles. The molecule has 1 aromatic heterocycles. The Hall–Kier alpha value is -2.43. The van der Waals surface area contributed by atoms with Crippen LogP contribution in [0.2, 0.25) is 0 Å². The predicted octanol–water partition coefficient (Wildman–Crippen LogP) is 2.28. The van der Waals surface area contributed by atoms with Gasteiger partial charge in [0.15, 0.2) is 0 Å². The number of ether oxygens (including phenoxy) is 1. The average molecular weight is 230 g/mol. The van der Waals surface area contributed by atoms with E-state index in [2.05, 4.69) is 9.97 Å². The second-order valence-corrected chi connectivity index (χ2v) is 3.38. The third-order valence-electron chi connectivity index (χ3n) is 2.28. The summed E-state index contributed by atoms with van der Waals surface area (Å²) in [5.41, 5.74) is 0.787. The fourth-order valence-corrected chi connectivity index (χ4v) is 1.41. The Morgan fingerprint density at radius 1 is 1.35 bits per heavy atom. The van der Waals surface area contributed by atoms with Crippen molar-refractivity contribution in [2.24, 2.45) is 0 Å². The van der Waals surface area contributed by atoms with E-state index in [9.17, 15) is 4.79 Å². The molecule has 1 heterocycles. The molecule has 0 aliphatic carbocycles. The van der Waals surface area contributed by atoms with Gasteiger partial charge in [0, 0.05) is 17.8 Å². The van der Waals surface area contributed by atoms with Gasteiger partial charge in [-0.05, 0) is 19.1 Å². The predicted molar refractivity (Wildman–Crippen MR) is 60.2 cm³/mol. The van der Waals surface area contributed by atoms with Gasteiger partial charge in [0.1, 0.15) is 12.1 Å². The van der Waals surface area contributed by atoms with Crippen molar-refractivity contribution in [1.29, 1.82) is 0 Å². The van der Waals surface area contributed by atoms with Crippen LogP contribution in [-0.4, -0.2) is 21.0 Å². The Bertz CT molecular complexity index is 541. The van der Waals surface area contributed by atoms with E-state index in [1.54, 1.807) is 31.3 Å². The number of aromatic carboxylic acids is 1. The van der Waals surface area contributed by atoms with Gasteiger partial charge < -0.3 is 9.84 Å². The molecule has 2 aromatic rings. The maximum Gasteiger partial charge on any atom is 0.336 e. The van der Waals surface area contributed by atoms with E-state index in [1.165, 1.54) is 12.4 Å². The van der Waals surface area contributed by atoms with Crippen molar-refractivity contribution < 1.29 is 14.6 Å². The Morgan fingerprint density at radius 3 is 2.82 bits per heavy atom. The van der Waals surface area contributed by atoms with E-state index in [0.717, 1.165) is 0 Å². The topological polar surface area (TPSA) is 72.3 Å². The van der Waals surface area contributed by atoms with Crippen molar-refractivity contribution >= 4 is 5.97 Å². The van der Waals surface area contributed by atoms with Crippen LogP contribution >= 0.6 is 0 Å². The van der Waals surface area contributed by atoms with E-state index in [4.69, 9.17) is 9.84 Å². The average Bonchev–Trinajstić information content (AvgIpc) is 2.33. The second-order valence-electron chi connectivity index (χ2n) is 3.38. The summed E-state index contributed by atoms with van der Waals surface area (Å²) in [6, 6.07) is 6.47. The molecule has 5 heteroatoms. The standard InChI is InChI=1S/C12H10N2O3/c1-8-9(12(15)16)3-2-4-10(8)17-11-5-6-13-7-14-11/h2-7H,1H3,(H,15,16). The molecule has 0 amide bonds. The van der Waals surface area contributed by atoms with Crippen LogP contribution in [0.3, 0.4) is 0 Å². The number of hydrogen-bond acceptors (Lipinski definition) is 4. The number of rotatable bonds is 3. The van der Waals surface area contributed by atoms with E-state index >= 15 is 0 Å². The molecule has 17 heavy (non-hydrogen) atoms. The zero-order valence-electron chi connectivity index (χ0n) is 9.12. The van der Waals surface area contributed by atoms with Crippen molar-refractivity contribution in [3.05, 3.63) is 47.9 Å². The summed E-state index contributed by atoms with van der Waals surface area (Å²) in [7, 11) is 0. The van der Waals surface area contributed by atoms with E-state index < -0.39 is 5.97 Å². The minimum absolute atomic E-state index is 0.219. The van der Waals surface area contributed by atoms with E-state index in [-0.39, 0.29) is 5.56 Å². The van der Waals surface area contributed by atoms with Gasteiger partial charge in [-0.3, -0.25) is 0 Å². The van der Waals surface area contributed by atoms with Crippen molar-refractivity contribution in [2.45, 2.75) is 6.92 Å². The Morgan fingerprint density at radius 2 is 2.18 bits per heavy atom. The van der Waals surface area contributed by atoms with Crippen LogP contribution in [0.4, 0.5) is 0 Å². The quantitative estimate of drug-likeness (QED) is 0.875. The summed E-state index contributed by atoms with van der Waals surface area (Å²) < 4.78 is 5.49. The lowest BCUT2D eigenvalue weighted by Crippen LogP contribution is -2.01. The highest BCUT2D eigenvalue weighted by molar-refractivity contribution is 5.90. The zero-order chi connectivity index (χ0) is 12.3. The lowest BCUT2D eigenvalue weighted by Gasteiger charge is -2.09. The third kappa shape index (κ3) is 2.39. The zero-order valence-corrected chi connectivity index (χ0v) is 9.12. The number of carboxylic acids is 1. The highest BCUT2D eigenvalue weighted by Crippen LogP contribution is 2.25. The summed E-state index contributed by atoms with van der Waals surface area (Å²) in [6.07, 6.45) is 2.92. The molecule has 86 valence electrons. The summed E-state index contributed by atoms with van der Waals surface area (Å²) in [6.45, 7) is 1.69. The van der Waals surface area contributed by atoms with Gasteiger partial charge in [-0.25, -0.2) is 14.8 Å². The van der Waals surface area contributed by atoms with Crippen molar-refractivity contribution in [3.8, 4) is 11.6 Å². The van der Waals surface area contributed by atoms with Crippen LogP contribution in [0.5, 0.6) is 11.6 Å². The Balaban J connectivity index is 2.34. The lowest BCUT2D eigenvalue weighted by molar-refractivity contribution is 0.0695. The minimum Gasteiger partial charge on any atom is -0.478 e. The fourth-order valence-electron chi connectivity index (χ4n) is 1.41. The van der Waals surface area contributed by atoms with Gasteiger partial charge in [0.05, 0.1) is 5.56 Å². The van der Waals surface area contributed by atoms with Gasteiger partial charge >= 0.3 is 5.97 Å². The molecule has 0 fully saturated rings. The monoisotopic (exact) mass is 230 g/mol. The summed E-state index contributed by atoms with van der Waals surface area (Å²) in [5, 5.41) is 8.98. The van der Waals surface area contributed by atoms with Crippen LogP contribution in [0, 0.1) is 6.92 Å². The number of nitrogens with zero attached hydrogens (tertiary/aromatic N) is 2. The molecule has 0 saturated carbocycles. The maximum absolute atomic E-state index is 10.9. The minimum atomic E-state index is -0.976. The van der Waals surface area contributed by atoms with Gasteiger partial charge in [0.25, 0.3) is 0 Å². The van der Waals surface area contributed by atoms with Crippen molar-refractivity contribution in [2.75, 3.05) is 0 Å². The second kappa shape index (κ2) is 4.61. The first kappa shape index (κ1) is 11.1. The largest absolute Gasteiger partial charge is 0.478 e. The SMILES string of the molecule is Cc1c(Oc2ccncn2)cccc1C(=O)O. The Kier molecular flexibility index (Phi) is 3.00. The number of hydrogen-bond donors (Lipinski definition) is 1. The molecule has 0 radical (unpaired) electrons.